The molecule has 1 atom stereocenters. The monoisotopic (exact) mass is 573 g/mol. The molecule has 0 spiro atoms. The number of hydrogen-bond donors (Lipinski definition) is 1. The van der Waals surface area contributed by atoms with Gasteiger partial charge in [0.05, 0.1) is 12.1 Å². The Kier molecular flexibility index (Phi) is 8.77. The molecule has 1 unspecified atom stereocenters. The number of halogens is 10. The lowest BCUT2D eigenvalue weighted by Gasteiger charge is -2.27. The molecule has 39 heavy (non-hydrogen) atoms. The molecule has 3 rings (SSSR count). The number of hydrogen-bond acceptors (Lipinski definition) is 6. The summed E-state index contributed by atoms with van der Waals surface area (Å²) >= 11 is 0. The van der Waals surface area contributed by atoms with E-state index < -0.39 is 61.3 Å². The summed E-state index contributed by atoms with van der Waals surface area (Å²) in [6, 6.07) is 8.88. The number of anilines is 1. The molecule has 1 heterocycles. The van der Waals surface area contributed by atoms with Crippen LogP contribution in [0.1, 0.15) is 11.1 Å². The molecular weight excluding hydrogens is 556 g/mol. The van der Waals surface area contributed by atoms with Crippen molar-refractivity contribution in [2.24, 2.45) is 0 Å². The number of rotatable bonds is 10. The first-order valence-electron chi connectivity index (χ1n) is 10.7. The van der Waals surface area contributed by atoms with E-state index in [9.17, 15) is 49.0 Å². The molecule has 0 radical (unpaired) electrons. The van der Waals surface area contributed by atoms with Crippen molar-refractivity contribution in [3.63, 3.8) is 0 Å². The highest BCUT2D eigenvalue weighted by atomic mass is 19.4. The second-order valence-electron chi connectivity index (χ2n) is 7.87. The van der Waals surface area contributed by atoms with Gasteiger partial charge in [0.2, 0.25) is 11.8 Å². The fourth-order valence-electron chi connectivity index (χ4n) is 3.06. The van der Waals surface area contributed by atoms with Gasteiger partial charge >= 0.3 is 24.9 Å². The van der Waals surface area contributed by atoms with Gasteiger partial charge in [0.1, 0.15) is 11.5 Å². The first-order valence-corrected chi connectivity index (χ1v) is 10.7. The number of aliphatic hydroxyl groups excluding tert-OH is 1. The maximum Gasteiger partial charge on any atom is 0.461 e. The third-order valence-corrected chi connectivity index (χ3v) is 4.83. The van der Waals surface area contributed by atoms with E-state index in [0.717, 1.165) is 47.5 Å². The van der Waals surface area contributed by atoms with Crippen LogP contribution in [0.15, 0.2) is 60.8 Å². The molecule has 0 aliphatic carbocycles. The molecule has 16 heteroatoms. The second kappa shape index (κ2) is 11.5. The number of benzene rings is 2. The maximum absolute atomic E-state index is 13.3. The first-order chi connectivity index (χ1) is 18.0. The highest BCUT2D eigenvalue weighted by molar-refractivity contribution is 5.39. The third-order valence-electron chi connectivity index (χ3n) is 4.83. The van der Waals surface area contributed by atoms with Crippen molar-refractivity contribution in [3.8, 4) is 17.4 Å². The van der Waals surface area contributed by atoms with Crippen molar-refractivity contribution < 1.29 is 58.5 Å². The Morgan fingerprint density at radius 1 is 0.872 bits per heavy atom. The lowest BCUT2D eigenvalue weighted by atomic mass is 10.2. The summed E-state index contributed by atoms with van der Waals surface area (Å²) in [5.74, 6) is -1.90. The molecule has 1 N–H and O–H groups in total. The van der Waals surface area contributed by atoms with Gasteiger partial charge in [0.25, 0.3) is 0 Å². The van der Waals surface area contributed by atoms with Gasteiger partial charge in [-0.2, -0.15) is 48.9 Å². The molecule has 0 saturated carbocycles. The van der Waals surface area contributed by atoms with Crippen molar-refractivity contribution >= 4 is 5.95 Å². The first kappa shape index (κ1) is 29.7. The molecule has 1 aromatic heterocycles. The standard InChI is InChI=1S/C23H17F10N3O3/c24-19(25)23(32,33)39-16-6-1-3-13(9-16)11-36(12-17(37)22(29,30)31)20-34-8-7-18(35-20)38-15-5-2-4-14(10-15)21(26,27)28/h1-10,17,19,37H,11-12H2. The van der Waals surface area contributed by atoms with Crippen LogP contribution in [0.3, 0.4) is 0 Å². The van der Waals surface area contributed by atoms with Gasteiger partial charge in [0, 0.05) is 18.8 Å². The van der Waals surface area contributed by atoms with E-state index in [1.54, 1.807) is 0 Å². The van der Waals surface area contributed by atoms with Crippen molar-refractivity contribution in [3.05, 3.63) is 71.9 Å². The van der Waals surface area contributed by atoms with Crippen LogP contribution in [0.4, 0.5) is 49.9 Å². The van der Waals surface area contributed by atoms with Crippen LogP contribution in [-0.4, -0.2) is 46.4 Å². The Morgan fingerprint density at radius 3 is 2.18 bits per heavy atom. The van der Waals surface area contributed by atoms with Crippen LogP contribution >= 0.6 is 0 Å². The minimum atomic E-state index is -5.09. The third kappa shape index (κ3) is 8.33. The van der Waals surface area contributed by atoms with E-state index in [2.05, 4.69) is 14.7 Å². The number of nitrogens with zero attached hydrogens (tertiary/aromatic N) is 3. The highest BCUT2D eigenvalue weighted by Crippen LogP contribution is 2.33. The molecule has 212 valence electrons. The Bertz CT molecular complexity index is 1250. The van der Waals surface area contributed by atoms with Crippen molar-refractivity contribution in [1.82, 2.24) is 9.97 Å². The van der Waals surface area contributed by atoms with Crippen LogP contribution in [0, 0.1) is 0 Å². The topological polar surface area (TPSA) is 67.7 Å². The van der Waals surface area contributed by atoms with Crippen LogP contribution in [0.5, 0.6) is 17.4 Å². The highest BCUT2D eigenvalue weighted by Gasteiger charge is 2.44. The smallest absolute Gasteiger partial charge is 0.439 e. The molecule has 0 saturated heterocycles. The van der Waals surface area contributed by atoms with Crippen LogP contribution in [0.2, 0.25) is 0 Å². The van der Waals surface area contributed by atoms with Crippen molar-refractivity contribution in [2.75, 3.05) is 11.4 Å². The van der Waals surface area contributed by atoms with E-state index in [1.807, 2.05) is 0 Å². The Morgan fingerprint density at radius 2 is 1.54 bits per heavy atom. The largest absolute Gasteiger partial charge is 0.461 e. The Hall–Kier alpha value is -3.82. The van der Waals surface area contributed by atoms with E-state index in [-0.39, 0.29) is 17.2 Å². The number of aromatic nitrogens is 2. The minimum Gasteiger partial charge on any atom is -0.439 e. The summed E-state index contributed by atoms with van der Waals surface area (Å²) in [5, 5.41) is 9.61. The molecule has 0 bridgehead atoms. The van der Waals surface area contributed by atoms with E-state index >= 15 is 0 Å². The van der Waals surface area contributed by atoms with E-state index in [0.29, 0.717) is 6.07 Å². The molecule has 0 aliphatic heterocycles. The summed E-state index contributed by atoms with van der Waals surface area (Å²) in [6.45, 7) is -1.74. The lowest BCUT2D eigenvalue weighted by Crippen LogP contribution is -2.41. The zero-order chi connectivity index (χ0) is 29.0. The second-order valence-corrected chi connectivity index (χ2v) is 7.87. The Labute approximate surface area is 213 Å². The van der Waals surface area contributed by atoms with Crippen LogP contribution in [-0.2, 0) is 12.7 Å². The fraction of sp³-hybridized carbons (Fsp3) is 0.304. The normalized spacial score (nSPS) is 13.3. The molecule has 0 amide bonds. The lowest BCUT2D eigenvalue weighted by molar-refractivity contribution is -0.253. The predicted molar refractivity (Wildman–Crippen MR) is 115 cm³/mol. The Balaban J connectivity index is 1.90. The summed E-state index contributed by atoms with van der Waals surface area (Å²) in [5.41, 5.74) is -1.07. The van der Waals surface area contributed by atoms with Crippen molar-refractivity contribution in [2.45, 2.75) is 37.5 Å². The fourth-order valence-corrected chi connectivity index (χ4v) is 3.06. The van der Waals surface area contributed by atoms with E-state index in [1.165, 1.54) is 12.1 Å². The minimum absolute atomic E-state index is 0.0280. The van der Waals surface area contributed by atoms with Gasteiger partial charge in [-0.25, -0.2) is 4.98 Å². The van der Waals surface area contributed by atoms with Crippen LogP contribution in [0.25, 0.3) is 0 Å². The van der Waals surface area contributed by atoms with Crippen molar-refractivity contribution in [1.29, 1.82) is 0 Å². The maximum atomic E-state index is 13.3. The number of aliphatic hydroxyl groups is 1. The number of ether oxygens (including phenoxy) is 2. The van der Waals surface area contributed by atoms with Gasteiger partial charge in [-0.15, -0.1) is 0 Å². The van der Waals surface area contributed by atoms with Gasteiger partial charge in [0.15, 0.2) is 6.10 Å². The van der Waals surface area contributed by atoms with Gasteiger partial charge in [-0.3, -0.25) is 0 Å². The summed E-state index contributed by atoms with van der Waals surface area (Å²) in [6.07, 6.45) is -20.7. The summed E-state index contributed by atoms with van der Waals surface area (Å²) in [7, 11) is 0. The molecule has 6 nitrogen and oxygen atoms in total. The average Bonchev–Trinajstić information content (AvgIpc) is 2.82. The van der Waals surface area contributed by atoms with Gasteiger partial charge in [-0.1, -0.05) is 18.2 Å². The molecule has 0 aliphatic rings. The quantitative estimate of drug-likeness (QED) is 0.281. The molecule has 2 aromatic carbocycles. The van der Waals surface area contributed by atoms with Crippen LogP contribution < -0.4 is 14.4 Å². The SMILES string of the molecule is OC(CN(Cc1cccc(OC(F)(F)C(F)F)c1)c1nccc(Oc2cccc(C(F)(F)F)c2)n1)C(F)(F)F. The van der Waals surface area contributed by atoms with Gasteiger partial charge in [-0.05, 0) is 35.9 Å². The predicted octanol–water partition coefficient (Wildman–Crippen LogP) is 6.45. The zero-order valence-corrected chi connectivity index (χ0v) is 19.2. The number of alkyl halides is 10. The van der Waals surface area contributed by atoms with Gasteiger partial charge < -0.3 is 19.5 Å². The summed E-state index contributed by atoms with van der Waals surface area (Å²) in [4.78, 5) is 8.44. The zero-order valence-electron chi connectivity index (χ0n) is 19.2. The molecule has 0 fully saturated rings. The molecular formula is C23H17F10N3O3. The average molecular weight is 573 g/mol. The summed E-state index contributed by atoms with van der Waals surface area (Å²) < 4.78 is 139. The van der Waals surface area contributed by atoms with E-state index in [4.69, 9.17) is 4.74 Å². The molecule has 3 aromatic rings.